The zero-order chi connectivity index (χ0) is 22.0. The predicted octanol–water partition coefficient (Wildman–Crippen LogP) is 5.30. The van der Waals surface area contributed by atoms with Crippen molar-refractivity contribution in [2.24, 2.45) is 0 Å². The van der Waals surface area contributed by atoms with Gasteiger partial charge >= 0.3 is 5.97 Å². The quantitative estimate of drug-likeness (QED) is 0.280. The van der Waals surface area contributed by atoms with Crippen molar-refractivity contribution in [3.05, 3.63) is 87.6 Å². The standard InChI is InChI=1S/C24H17BrO6/c1-28-17-8-9-18-20(13-17)30-22(23(18)26)12-14-3-10-19(21(11-14)29-2)31-24(27)15-4-6-16(25)7-5-15/h3-13H,1-2H3/b22-12-. The molecule has 3 aromatic carbocycles. The number of hydrogen-bond acceptors (Lipinski definition) is 6. The van der Waals surface area contributed by atoms with Crippen LogP contribution in [0.25, 0.3) is 6.08 Å². The van der Waals surface area contributed by atoms with E-state index in [2.05, 4.69) is 15.9 Å². The molecular weight excluding hydrogens is 464 g/mol. The lowest BCUT2D eigenvalue weighted by atomic mass is 10.1. The Kier molecular flexibility index (Phi) is 5.77. The third-order valence-electron chi connectivity index (χ3n) is 4.65. The summed E-state index contributed by atoms with van der Waals surface area (Å²) in [6.07, 6.45) is 1.61. The molecule has 0 fully saturated rings. The van der Waals surface area contributed by atoms with Crippen molar-refractivity contribution >= 4 is 33.8 Å². The number of methoxy groups -OCH3 is 2. The number of ether oxygens (including phenoxy) is 4. The van der Waals surface area contributed by atoms with Gasteiger partial charge in [-0.05, 0) is 60.2 Å². The van der Waals surface area contributed by atoms with E-state index in [9.17, 15) is 9.59 Å². The van der Waals surface area contributed by atoms with Crippen molar-refractivity contribution in [2.45, 2.75) is 0 Å². The molecule has 1 aliphatic rings. The molecule has 4 rings (SSSR count). The minimum atomic E-state index is -0.504. The summed E-state index contributed by atoms with van der Waals surface area (Å²) in [5, 5.41) is 0. The van der Waals surface area contributed by atoms with E-state index in [1.807, 2.05) is 0 Å². The summed E-state index contributed by atoms with van der Waals surface area (Å²) in [4.78, 5) is 25.0. The van der Waals surface area contributed by atoms with Crippen LogP contribution in [0.4, 0.5) is 0 Å². The second kappa shape index (κ2) is 8.65. The molecule has 1 heterocycles. The molecule has 7 heteroatoms. The maximum atomic E-state index is 12.6. The van der Waals surface area contributed by atoms with Gasteiger partial charge in [0.15, 0.2) is 17.3 Å². The number of hydrogen-bond donors (Lipinski definition) is 0. The van der Waals surface area contributed by atoms with Crippen LogP contribution in [-0.4, -0.2) is 26.0 Å². The van der Waals surface area contributed by atoms with Crippen LogP contribution in [-0.2, 0) is 0 Å². The van der Waals surface area contributed by atoms with E-state index in [1.54, 1.807) is 73.8 Å². The van der Waals surface area contributed by atoms with Crippen LogP contribution in [0.15, 0.2) is 70.9 Å². The zero-order valence-electron chi connectivity index (χ0n) is 16.7. The summed E-state index contributed by atoms with van der Waals surface area (Å²) in [5.41, 5.74) is 1.54. The van der Waals surface area contributed by atoms with Gasteiger partial charge in [-0.15, -0.1) is 0 Å². The van der Waals surface area contributed by atoms with Gasteiger partial charge in [-0.3, -0.25) is 4.79 Å². The van der Waals surface area contributed by atoms with E-state index in [0.717, 1.165) is 4.47 Å². The fourth-order valence-corrected chi connectivity index (χ4v) is 3.31. The third-order valence-corrected chi connectivity index (χ3v) is 5.17. The highest BCUT2D eigenvalue weighted by atomic mass is 79.9. The normalized spacial score (nSPS) is 13.5. The van der Waals surface area contributed by atoms with Crippen molar-refractivity contribution in [3.63, 3.8) is 0 Å². The van der Waals surface area contributed by atoms with Crippen LogP contribution in [0.2, 0.25) is 0 Å². The lowest BCUT2D eigenvalue weighted by molar-refractivity contribution is 0.0729. The average Bonchev–Trinajstić information content (AvgIpc) is 3.09. The van der Waals surface area contributed by atoms with Gasteiger partial charge in [0.1, 0.15) is 11.5 Å². The fraction of sp³-hybridized carbons (Fsp3) is 0.0833. The number of fused-ring (bicyclic) bond motifs is 1. The van der Waals surface area contributed by atoms with Gasteiger partial charge in [0, 0.05) is 10.5 Å². The lowest BCUT2D eigenvalue weighted by Crippen LogP contribution is -2.09. The zero-order valence-corrected chi connectivity index (χ0v) is 18.3. The van der Waals surface area contributed by atoms with Crippen LogP contribution >= 0.6 is 15.9 Å². The molecule has 0 radical (unpaired) electrons. The van der Waals surface area contributed by atoms with Gasteiger partial charge in [0.2, 0.25) is 5.78 Å². The maximum absolute atomic E-state index is 12.6. The second-order valence-corrected chi connectivity index (χ2v) is 7.52. The SMILES string of the molecule is COc1ccc2c(c1)O/C(=C\c1ccc(OC(=O)c3ccc(Br)cc3)c(OC)c1)C2=O. The summed E-state index contributed by atoms with van der Waals surface area (Å²) < 4.78 is 22.6. The molecule has 0 unspecified atom stereocenters. The molecule has 0 saturated heterocycles. The Morgan fingerprint density at radius 1 is 0.935 bits per heavy atom. The number of ketones is 1. The molecule has 0 bridgehead atoms. The number of carbonyl (C=O) groups excluding carboxylic acids is 2. The monoisotopic (exact) mass is 480 g/mol. The van der Waals surface area contributed by atoms with E-state index in [4.69, 9.17) is 18.9 Å². The Morgan fingerprint density at radius 3 is 2.42 bits per heavy atom. The van der Waals surface area contributed by atoms with Crippen LogP contribution in [0.1, 0.15) is 26.3 Å². The lowest BCUT2D eigenvalue weighted by Gasteiger charge is -2.10. The van der Waals surface area contributed by atoms with Gasteiger partial charge in [-0.25, -0.2) is 4.79 Å². The molecular formula is C24H17BrO6. The number of rotatable bonds is 5. The maximum Gasteiger partial charge on any atom is 0.343 e. The van der Waals surface area contributed by atoms with E-state index >= 15 is 0 Å². The Bertz CT molecular complexity index is 1200. The largest absolute Gasteiger partial charge is 0.497 e. The highest BCUT2D eigenvalue weighted by Gasteiger charge is 2.27. The molecule has 0 atom stereocenters. The van der Waals surface area contributed by atoms with E-state index in [-0.39, 0.29) is 17.3 Å². The van der Waals surface area contributed by atoms with Crippen molar-refractivity contribution < 1.29 is 28.5 Å². The number of halogens is 1. The molecule has 0 aromatic heterocycles. The van der Waals surface area contributed by atoms with Gasteiger partial charge in [-0.1, -0.05) is 22.0 Å². The average molecular weight is 481 g/mol. The second-order valence-electron chi connectivity index (χ2n) is 6.61. The molecule has 0 N–H and O–H groups in total. The van der Waals surface area contributed by atoms with Crippen molar-refractivity contribution in [1.29, 1.82) is 0 Å². The molecule has 31 heavy (non-hydrogen) atoms. The topological polar surface area (TPSA) is 71.1 Å². The van der Waals surface area contributed by atoms with Crippen molar-refractivity contribution in [3.8, 4) is 23.0 Å². The number of carbonyl (C=O) groups is 2. The fourth-order valence-electron chi connectivity index (χ4n) is 3.05. The van der Waals surface area contributed by atoms with Gasteiger partial charge in [-0.2, -0.15) is 0 Å². The molecule has 0 spiro atoms. The van der Waals surface area contributed by atoms with Crippen molar-refractivity contribution in [1.82, 2.24) is 0 Å². The molecule has 1 aliphatic heterocycles. The molecule has 3 aromatic rings. The van der Waals surface area contributed by atoms with Gasteiger partial charge < -0.3 is 18.9 Å². The number of Topliss-reactive ketones (excluding diaryl/α,β-unsaturated/α-hetero) is 1. The Balaban J connectivity index is 1.56. The summed E-state index contributed by atoms with van der Waals surface area (Å²) in [5.74, 6) is 1.13. The van der Waals surface area contributed by atoms with Gasteiger partial charge in [0.05, 0.1) is 25.3 Å². The first-order chi connectivity index (χ1) is 15.0. The molecule has 156 valence electrons. The first-order valence-electron chi connectivity index (χ1n) is 9.26. The van der Waals surface area contributed by atoms with E-state index in [0.29, 0.717) is 33.9 Å². The highest BCUT2D eigenvalue weighted by Crippen LogP contribution is 2.36. The van der Waals surface area contributed by atoms with E-state index < -0.39 is 5.97 Å². The number of allylic oxidation sites excluding steroid dienone is 1. The third kappa shape index (κ3) is 4.32. The van der Waals surface area contributed by atoms with Crippen LogP contribution in [0.3, 0.4) is 0 Å². The summed E-state index contributed by atoms with van der Waals surface area (Å²) in [6.45, 7) is 0. The van der Waals surface area contributed by atoms with Crippen molar-refractivity contribution in [2.75, 3.05) is 14.2 Å². The van der Waals surface area contributed by atoms with Gasteiger partial charge in [0.25, 0.3) is 0 Å². The van der Waals surface area contributed by atoms with Crippen LogP contribution in [0.5, 0.6) is 23.0 Å². The molecule has 6 nitrogen and oxygen atoms in total. The summed E-state index contributed by atoms with van der Waals surface area (Å²) in [7, 11) is 3.02. The molecule has 0 saturated carbocycles. The summed E-state index contributed by atoms with van der Waals surface area (Å²) in [6, 6.07) is 16.9. The van der Waals surface area contributed by atoms with E-state index in [1.165, 1.54) is 7.11 Å². The Hall–Kier alpha value is -3.58. The number of esters is 1. The minimum absolute atomic E-state index is 0.185. The highest BCUT2D eigenvalue weighted by molar-refractivity contribution is 9.10. The predicted molar refractivity (Wildman–Crippen MR) is 118 cm³/mol. The Labute approximate surface area is 187 Å². The molecule has 0 aliphatic carbocycles. The Morgan fingerprint density at radius 2 is 1.71 bits per heavy atom. The minimum Gasteiger partial charge on any atom is -0.497 e. The van der Waals surface area contributed by atoms with Crippen LogP contribution in [0, 0.1) is 0 Å². The summed E-state index contributed by atoms with van der Waals surface area (Å²) >= 11 is 3.33. The number of benzene rings is 3. The molecule has 0 amide bonds. The first-order valence-corrected chi connectivity index (χ1v) is 10.1. The van der Waals surface area contributed by atoms with Crippen LogP contribution < -0.4 is 18.9 Å². The first kappa shape index (κ1) is 20.7. The smallest absolute Gasteiger partial charge is 0.343 e.